The molecule has 12 unspecified atom stereocenters. The van der Waals surface area contributed by atoms with Crippen molar-refractivity contribution < 1.29 is 79.2 Å². The van der Waals surface area contributed by atoms with Crippen molar-refractivity contribution in [3.8, 4) is 0 Å². The molecule has 8 saturated carbocycles. The second-order valence-corrected chi connectivity index (χ2v) is 33.0. The maximum atomic E-state index is 11.7. The summed E-state index contributed by atoms with van der Waals surface area (Å²) < 4.78 is 0. The summed E-state index contributed by atoms with van der Waals surface area (Å²) >= 11 is 0. The number of carbonyl (C=O) groups is 8. The van der Waals surface area contributed by atoms with Gasteiger partial charge in [-0.1, -0.05) is 151 Å². The quantitative estimate of drug-likeness (QED) is 0.0689. The Labute approximate surface area is 572 Å². The molecule has 12 atom stereocenters. The molecule has 20 nitrogen and oxygen atoms in total. The zero-order valence-electron chi connectivity index (χ0n) is 62.7. The van der Waals surface area contributed by atoms with E-state index in [9.17, 15) is 79.2 Å². The largest absolute Gasteiger partial charge is 0.382 e. The molecule has 0 spiro atoms. The molecule has 0 aromatic heterocycles. The van der Waals surface area contributed by atoms with Gasteiger partial charge in [0, 0.05) is 77.9 Å². The number of aliphatic hydroxyl groups is 8. The van der Waals surface area contributed by atoms with Gasteiger partial charge in [0.1, 0.15) is 44.8 Å². The van der Waals surface area contributed by atoms with E-state index in [2.05, 4.69) is 20.8 Å². The average molecular weight is 1350 g/mol. The normalized spacial score (nSPS) is 36.0. The maximum Gasteiger partial charge on any atom is 0.168 e. The van der Waals surface area contributed by atoms with Gasteiger partial charge in [-0.3, -0.25) is 38.4 Å². The summed E-state index contributed by atoms with van der Waals surface area (Å²) in [7, 11) is 0. The Morgan fingerprint density at radius 2 is 0.568 bits per heavy atom. The number of hydrogen-bond acceptors (Lipinski definition) is 20. The van der Waals surface area contributed by atoms with Crippen molar-refractivity contribution in [3.05, 3.63) is 0 Å². The first-order valence-electron chi connectivity index (χ1n) is 36.4. The molecule has 0 aliphatic heterocycles. The first kappa shape index (κ1) is 89.9. The van der Waals surface area contributed by atoms with Gasteiger partial charge < -0.3 is 63.8 Å². The van der Waals surface area contributed by atoms with Crippen LogP contribution < -0.4 is 22.9 Å². The number of carbonyl (C=O) groups excluding carboxylic acids is 8. The van der Waals surface area contributed by atoms with Crippen molar-refractivity contribution in [1.29, 1.82) is 0 Å². The van der Waals surface area contributed by atoms with Crippen LogP contribution in [-0.2, 0) is 38.4 Å². The van der Waals surface area contributed by atoms with Crippen LogP contribution in [0.3, 0.4) is 0 Å². The highest BCUT2D eigenvalue weighted by Crippen LogP contribution is 2.42. The standard InChI is InChI=1S/C11H20O2.2C10H19NO2.C10H18O2.C9H17NO2.2C9H16O2.C7H13NO2/c1-8(2)10(12)11(13)6-4-5-9(3)7-11;1-7(2)9(12)10(13)5-3-8(11)4-6-10;1-7(2)9(12)10(13)6-4-3-5-8(10)11;1-7(2)9(11)10(12)5-4-8(3)6-10;1-6(2)8(11)9(12)5-3-4-7(9)10;1-6(2)8(10)9(11)4-7(3)5-9;1-6(2)8(10)9(11)5-4-7(9)3;1-4(2)6(9)7(10)3-5(7)8/h8-9,13H,4-7H2,1-3H3;2*7-8,13H,3-6,11H2,1-2H3;7-8,12H,4-6H2,1-3H3;6-7,12H,3-5,10H2,1-2H3;2*6-7,11H,4-5H2,1-3H3;4-5,10H,3,8H2,1-2H3. The summed E-state index contributed by atoms with van der Waals surface area (Å²) in [6.07, 6.45) is 17.1. The van der Waals surface area contributed by atoms with E-state index in [0.29, 0.717) is 94.8 Å². The van der Waals surface area contributed by atoms with Crippen molar-refractivity contribution >= 4 is 46.3 Å². The lowest BCUT2D eigenvalue weighted by Crippen LogP contribution is -2.57. The summed E-state index contributed by atoms with van der Waals surface area (Å²) in [5, 5.41) is 78.9. The van der Waals surface area contributed by atoms with E-state index in [1.807, 2.05) is 90.0 Å². The zero-order valence-corrected chi connectivity index (χ0v) is 62.7. The third-order valence-electron chi connectivity index (χ3n) is 21.1. The van der Waals surface area contributed by atoms with E-state index < -0.39 is 44.8 Å². The number of rotatable bonds is 16. The fraction of sp³-hybridized carbons (Fsp3) is 0.893. The first-order chi connectivity index (χ1) is 43.2. The molecule has 0 aromatic carbocycles. The van der Waals surface area contributed by atoms with Crippen molar-refractivity contribution in [2.45, 2.75) is 355 Å². The van der Waals surface area contributed by atoms with Gasteiger partial charge in [0.25, 0.3) is 0 Å². The third-order valence-corrected chi connectivity index (χ3v) is 21.1. The molecule has 0 heterocycles. The van der Waals surface area contributed by atoms with E-state index >= 15 is 0 Å². The summed E-state index contributed by atoms with van der Waals surface area (Å²) in [5.74, 6) is 0.764. The Bertz CT molecular complexity index is 2490. The second-order valence-electron chi connectivity index (χ2n) is 33.0. The van der Waals surface area contributed by atoms with E-state index in [1.165, 1.54) is 0 Å². The summed E-state index contributed by atoms with van der Waals surface area (Å²) in [6.45, 7) is 37.4. The number of hydrogen-bond donors (Lipinski definition) is 12. The molecule has 8 fully saturated rings. The van der Waals surface area contributed by atoms with Crippen LogP contribution in [0, 0.1) is 71.0 Å². The predicted molar refractivity (Wildman–Crippen MR) is 373 cm³/mol. The van der Waals surface area contributed by atoms with Gasteiger partial charge in [-0.05, 0) is 152 Å². The molecular formula is C75H138N4O16. The molecule has 95 heavy (non-hydrogen) atoms. The van der Waals surface area contributed by atoms with Crippen LogP contribution in [0.25, 0.3) is 0 Å². The van der Waals surface area contributed by atoms with Gasteiger partial charge in [-0.2, -0.15) is 0 Å². The fourth-order valence-electron chi connectivity index (χ4n) is 14.5. The Morgan fingerprint density at radius 1 is 0.274 bits per heavy atom. The van der Waals surface area contributed by atoms with Crippen molar-refractivity contribution in [2.24, 2.45) is 93.9 Å². The predicted octanol–water partition coefficient (Wildman–Crippen LogP) is 8.48. The van der Waals surface area contributed by atoms with Crippen LogP contribution in [0.5, 0.6) is 0 Å². The number of ketones is 8. The molecule has 0 aromatic rings. The van der Waals surface area contributed by atoms with Crippen LogP contribution in [-0.4, -0.2) is 156 Å². The van der Waals surface area contributed by atoms with E-state index in [1.54, 1.807) is 27.7 Å². The molecule has 0 bridgehead atoms. The van der Waals surface area contributed by atoms with Crippen molar-refractivity contribution in [2.75, 3.05) is 0 Å². The monoisotopic (exact) mass is 1350 g/mol. The van der Waals surface area contributed by atoms with Crippen LogP contribution in [0.15, 0.2) is 0 Å². The maximum absolute atomic E-state index is 11.7. The van der Waals surface area contributed by atoms with Gasteiger partial charge in [-0.15, -0.1) is 0 Å². The van der Waals surface area contributed by atoms with Crippen molar-refractivity contribution in [1.82, 2.24) is 0 Å². The summed E-state index contributed by atoms with van der Waals surface area (Å²) in [4.78, 5) is 92.0. The lowest BCUT2D eigenvalue weighted by Gasteiger charge is -2.43. The highest BCUT2D eigenvalue weighted by atomic mass is 16.3. The molecule has 0 saturated heterocycles. The first-order valence-corrected chi connectivity index (χ1v) is 36.4. The summed E-state index contributed by atoms with van der Waals surface area (Å²) in [6, 6.07) is -0.869. The summed E-state index contributed by atoms with van der Waals surface area (Å²) in [5.41, 5.74) is 13.9. The molecule has 0 radical (unpaired) electrons. The lowest BCUT2D eigenvalue weighted by atomic mass is 9.66. The Kier molecular flexibility index (Phi) is 35.5. The molecule has 8 aliphatic rings. The fourth-order valence-corrected chi connectivity index (χ4v) is 14.5. The number of Topliss-reactive ketones (excluding diaryl/α,β-unsaturated/α-hetero) is 8. The highest BCUT2D eigenvalue weighted by Gasteiger charge is 2.57. The average Bonchev–Trinajstić information content (AvgIpc) is 1.72. The van der Waals surface area contributed by atoms with Gasteiger partial charge in [0.2, 0.25) is 0 Å². The van der Waals surface area contributed by atoms with Crippen LogP contribution in [0.1, 0.15) is 286 Å². The molecule has 554 valence electrons. The molecule has 20 heteroatoms. The van der Waals surface area contributed by atoms with Gasteiger partial charge in [0.15, 0.2) is 46.3 Å². The van der Waals surface area contributed by atoms with Gasteiger partial charge >= 0.3 is 0 Å². The van der Waals surface area contributed by atoms with E-state index in [4.69, 9.17) is 22.9 Å². The topological polar surface area (TPSA) is 402 Å². The second kappa shape index (κ2) is 37.5. The highest BCUT2D eigenvalue weighted by molar-refractivity contribution is 5.94. The third kappa shape index (κ3) is 24.9. The van der Waals surface area contributed by atoms with Crippen LogP contribution in [0.4, 0.5) is 0 Å². The number of nitrogens with two attached hydrogens (primary N) is 4. The van der Waals surface area contributed by atoms with Gasteiger partial charge in [-0.25, -0.2) is 0 Å². The van der Waals surface area contributed by atoms with Crippen LogP contribution in [0.2, 0.25) is 0 Å². The minimum atomic E-state index is -1.24. The SMILES string of the molecule is CC(C)C(=O)C1(O)CC1N.CC(C)C(=O)C1(O)CCC(N)CC1.CC(C)C(=O)C1(O)CCC1C.CC(C)C(=O)C1(O)CCCC1N.CC(C)C(=O)C1(O)CCCCC1N.CC1CC(O)(C(=O)C(C)C)C1.CC1CCC(O)(C(=O)C(C)C)C1.CC1CCCC(O)(C(=O)C(C)C)C1. The zero-order chi connectivity index (χ0) is 74.1. The molecule has 8 aliphatic carbocycles. The Hall–Kier alpha value is -3.12. The van der Waals surface area contributed by atoms with Gasteiger partial charge in [0.05, 0.1) is 0 Å². The minimum Gasteiger partial charge on any atom is -0.382 e. The van der Waals surface area contributed by atoms with E-state index in [-0.39, 0.29) is 124 Å². The minimum absolute atomic E-state index is 0.00981. The van der Waals surface area contributed by atoms with Crippen molar-refractivity contribution in [3.63, 3.8) is 0 Å². The van der Waals surface area contributed by atoms with Crippen LogP contribution >= 0.6 is 0 Å². The lowest BCUT2D eigenvalue weighted by molar-refractivity contribution is -0.159. The Morgan fingerprint density at radius 3 is 0.842 bits per heavy atom. The Balaban J connectivity index is 0.000000544. The molecule has 16 N–H and O–H groups in total. The van der Waals surface area contributed by atoms with E-state index in [0.717, 1.165) is 70.6 Å². The smallest absolute Gasteiger partial charge is 0.168 e. The molecule has 0 amide bonds. The molecular weight excluding hydrogens is 1210 g/mol. The molecule has 8 rings (SSSR count).